The van der Waals surface area contributed by atoms with Crippen molar-refractivity contribution in [2.45, 2.75) is 18.9 Å². The molecule has 4 nitrogen and oxygen atoms in total. The number of benzene rings is 1. The van der Waals surface area contributed by atoms with Gasteiger partial charge in [-0.1, -0.05) is 12.1 Å². The van der Waals surface area contributed by atoms with Crippen molar-refractivity contribution >= 4 is 39.1 Å². The number of carbonyl (C=O) groups is 1. The molecule has 1 aromatic carbocycles. The number of hydrogen-bond acceptors (Lipinski definition) is 4. The van der Waals surface area contributed by atoms with Crippen LogP contribution in [0.4, 0.5) is 0 Å². The van der Waals surface area contributed by atoms with E-state index in [1.54, 1.807) is 17.5 Å². The number of nitrogens with one attached hydrogen (secondary N) is 1. The first kappa shape index (κ1) is 13.7. The van der Waals surface area contributed by atoms with Crippen LogP contribution < -0.4 is 5.32 Å². The predicted molar refractivity (Wildman–Crippen MR) is 88.3 cm³/mol. The summed E-state index contributed by atoms with van der Waals surface area (Å²) in [5.74, 6) is -0.0171. The van der Waals surface area contributed by atoms with E-state index in [4.69, 9.17) is 11.6 Å². The molecule has 0 aliphatic heterocycles. The Morgan fingerprint density at radius 2 is 2.23 bits per heavy atom. The smallest absolute Gasteiger partial charge is 0.251 e. The molecule has 1 saturated carbocycles. The molecule has 22 heavy (non-hydrogen) atoms. The maximum absolute atomic E-state index is 12.2. The van der Waals surface area contributed by atoms with Crippen LogP contribution in [-0.2, 0) is 0 Å². The van der Waals surface area contributed by atoms with Gasteiger partial charge in [0.25, 0.3) is 5.91 Å². The molecule has 1 aliphatic carbocycles. The molecule has 2 aromatic heterocycles. The summed E-state index contributed by atoms with van der Waals surface area (Å²) in [5.41, 5.74) is 3.43. The number of nitrogens with zero attached hydrogens (tertiary/aromatic N) is 2. The van der Waals surface area contributed by atoms with E-state index in [9.17, 15) is 4.79 Å². The molecule has 0 radical (unpaired) electrons. The number of hydrogen-bond donors (Lipinski definition) is 1. The van der Waals surface area contributed by atoms with Gasteiger partial charge < -0.3 is 5.32 Å². The molecule has 2 heterocycles. The summed E-state index contributed by atoms with van der Waals surface area (Å²) in [6, 6.07) is 7.95. The average molecular weight is 330 g/mol. The van der Waals surface area contributed by atoms with Crippen molar-refractivity contribution < 1.29 is 4.79 Å². The quantitative estimate of drug-likeness (QED) is 0.741. The van der Waals surface area contributed by atoms with Gasteiger partial charge in [-0.3, -0.25) is 4.79 Å². The van der Waals surface area contributed by atoms with Crippen molar-refractivity contribution in [1.82, 2.24) is 15.3 Å². The number of amides is 1. The fourth-order valence-corrected chi connectivity index (χ4v) is 3.34. The van der Waals surface area contributed by atoms with Crippen molar-refractivity contribution in [3.63, 3.8) is 0 Å². The molecule has 1 fully saturated rings. The van der Waals surface area contributed by atoms with E-state index in [-0.39, 0.29) is 11.2 Å². The van der Waals surface area contributed by atoms with Crippen LogP contribution >= 0.6 is 22.9 Å². The lowest BCUT2D eigenvalue weighted by molar-refractivity contribution is 0.0951. The highest BCUT2D eigenvalue weighted by molar-refractivity contribution is 7.17. The first-order chi connectivity index (χ1) is 10.7. The van der Waals surface area contributed by atoms with Gasteiger partial charge in [0.05, 0.1) is 10.2 Å². The number of carbonyl (C=O) groups excluding carboxylic acids is 1. The van der Waals surface area contributed by atoms with Gasteiger partial charge in [0.15, 0.2) is 0 Å². The summed E-state index contributed by atoms with van der Waals surface area (Å²) in [5, 5.41) is 5.26. The van der Waals surface area contributed by atoms with Crippen molar-refractivity contribution in [3.8, 4) is 11.1 Å². The van der Waals surface area contributed by atoms with Gasteiger partial charge in [-0.05, 0) is 42.1 Å². The Morgan fingerprint density at radius 1 is 1.36 bits per heavy atom. The minimum Gasteiger partial charge on any atom is -0.349 e. The van der Waals surface area contributed by atoms with Gasteiger partial charge in [0.1, 0.15) is 0 Å². The third-order valence-electron chi connectivity index (χ3n) is 3.63. The van der Waals surface area contributed by atoms with E-state index in [1.165, 1.54) is 0 Å². The summed E-state index contributed by atoms with van der Waals surface area (Å²) in [4.78, 5) is 20.5. The molecule has 0 unspecified atom stereocenters. The highest BCUT2D eigenvalue weighted by atomic mass is 35.5. The Hall–Kier alpha value is -1.98. The summed E-state index contributed by atoms with van der Waals surface area (Å²) < 4.78 is 0.979. The van der Waals surface area contributed by atoms with Gasteiger partial charge in [-0.25, -0.2) is 9.97 Å². The zero-order valence-corrected chi connectivity index (χ0v) is 13.1. The van der Waals surface area contributed by atoms with E-state index in [0.29, 0.717) is 11.6 Å². The van der Waals surface area contributed by atoms with E-state index < -0.39 is 0 Å². The Bertz CT molecular complexity index is 873. The van der Waals surface area contributed by atoms with Crippen LogP contribution in [0.5, 0.6) is 0 Å². The van der Waals surface area contributed by atoms with E-state index >= 15 is 0 Å². The zero-order valence-electron chi connectivity index (χ0n) is 11.5. The van der Waals surface area contributed by atoms with Crippen LogP contribution in [0.15, 0.2) is 35.8 Å². The summed E-state index contributed by atoms with van der Waals surface area (Å²) in [7, 11) is 0. The first-order valence-corrected chi connectivity index (χ1v) is 8.27. The lowest BCUT2D eigenvalue weighted by atomic mass is 10.0. The largest absolute Gasteiger partial charge is 0.349 e. The van der Waals surface area contributed by atoms with Crippen molar-refractivity contribution in [1.29, 1.82) is 0 Å². The molecule has 110 valence electrons. The van der Waals surface area contributed by atoms with Crippen molar-refractivity contribution in [3.05, 3.63) is 46.7 Å². The Morgan fingerprint density at radius 3 is 3.05 bits per heavy atom. The Kier molecular flexibility index (Phi) is 3.32. The Labute approximate surface area is 136 Å². The van der Waals surface area contributed by atoms with Crippen molar-refractivity contribution in [2.24, 2.45) is 0 Å². The normalized spacial score (nSPS) is 14.2. The molecule has 1 amide bonds. The number of fused-ring (bicyclic) bond motifs is 1. The molecule has 3 aromatic rings. The molecular formula is C16H12ClN3OS. The molecule has 4 rings (SSSR count). The minimum atomic E-state index is -0.0171. The highest BCUT2D eigenvalue weighted by Gasteiger charge is 2.24. The molecule has 0 saturated heterocycles. The van der Waals surface area contributed by atoms with Crippen LogP contribution in [0.25, 0.3) is 21.3 Å². The van der Waals surface area contributed by atoms with E-state index in [1.807, 2.05) is 29.6 Å². The second-order valence-electron chi connectivity index (χ2n) is 5.33. The standard InChI is InChI=1S/C16H12ClN3OS/c17-16-18-7-13-14(20-16)12(8-22-13)9-2-1-3-10(6-9)15(21)19-11-4-5-11/h1-3,6-8,11H,4-5H2,(H,19,21). The molecule has 0 bridgehead atoms. The number of rotatable bonds is 3. The minimum absolute atomic E-state index is 0.0171. The lowest BCUT2D eigenvalue weighted by Crippen LogP contribution is -2.25. The fraction of sp³-hybridized carbons (Fsp3) is 0.188. The molecule has 1 aliphatic rings. The monoisotopic (exact) mass is 329 g/mol. The second kappa shape index (κ2) is 5.34. The van der Waals surface area contributed by atoms with Crippen LogP contribution in [0.1, 0.15) is 23.2 Å². The maximum atomic E-state index is 12.2. The SMILES string of the molecule is O=C(NC1CC1)c1cccc(-c2csc3cnc(Cl)nc23)c1. The summed E-state index contributed by atoms with van der Waals surface area (Å²) in [6.07, 6.45) is 3.88. The predicted octanol–water partition coefficient (Wildman–Crippen LogP) is 3.90. The fourth-order valence-electron chi connectivity index (χ4n) is 2.34. The van der Waals surface area contributed by atoms with Crippen LogP contribution in [0, 0.1) is 0 Å². The third kappa shape index (κ3) is 2.58. The maximum Gasteiger partial charge on any atom is 0.251 e. The Balaban J connectivity index is 1.74. The van der Waals surface area contributed by atoms with Gasteiger partial charge >= 0.3 is 0 Å². The lowest BCUT2D eigenvalue weighted by Gasteiger charge is -2.05. The van der Waals surface area contributed by atoms with Gasteiger partial charge in [0, 0.05) is 28.7 Å². The summed E-state index contributed by atoms with van der Waals surface area (Å²) in [6.45, 7) is 0. The first-order valence-electron chi connectivity index (χ1n) is 7.02. The molecule has 6 heteroatoms. The molecule has 1 N–H and O–H groups in total. The molecule has 0 spiro atoms. The van der Waals surface area contributed by atoms with Crippen molar-refractivity contribution in [2.75, 3.05) is 0 Å². The van der Waals surface area contributed by atoms with E-state index in [2.05, 4.69) is 15.3 Å². The zero-order chi connectivity index (χ0) is 15.1. The number of thiophene rings is 1. The van der Waals surface area contributed by atoms with Gasteiger partial charge in [-0.2, -0.15) is 0 Å². The molecular weight excluding hydrogens is 318 g/mol. The van der Waals surface area contributed by atoms with Gasteiger partial charge in [-0.15, -0.1) is 11.3 Å². The van der Waals surface area contributed by atoms with E-state index in [0.717, 1.165) is 34.2 Å². The number of aromatic nitrogens is 2. The topological polar surface area (TPSA) is 54.9 Å². The van der Waals surface area contributed by atoms with Crippen LogP contribution in [0.2, 0.25) is 5.28 Å². The molecule has 0 atom stereocenters. The van der Waals surface area contributed by atoms with Gasteiger partial charge in [0.2, 0.25) is 5.28 Å². The van der Waals surface area contributed by atoms with Crippen LogP contribution in [0.3, 0.4) is 0 Å². The van der Waals surface area contributed by atoms with Crippen LogP contribution in [-0.4, -0.2) is 21.9 Å². The summed E-state index contributed by atoms with van der Waals surface area (Å²) >= 11 is 7.47. The highest BCUT2D eigenvalue weighted by Crippen LogP contribution is 2.33. The number of halogens is 1. The second-order valence-corrected chi connectivity index (χ2v) is 6.58. The third-order valence-corrected chi connectivity index (χ3v) is 4.72. The average Bonchev–Trinajstić information content (AvgIpc) is 3.24.